The van der Waals surface area contributed by atoms with Crippen molar-refractivity contribution < 1.29 is 18.9 Å². The molecule has 1 aromatic heterocycles. The number of hydrogen-bond donors (Lipinski definition) is 2. The average molecular weight is 290 g/mol. The third-order valence-corrected chi connectivity index (χ3v) is 3.13. The number of carbonyl (C=O) groups excluding carboxylic acids is 2. The van der Waals surface area contributed by atoms with Crippen LogP contribution >= 0.6 is 0 Å². The van der Waals surface area contributed by atoms with Crippen molar-refractivity contribution in [1.82, 2.24) is 10.3 Å². The highest BCUT2D eigenvalue weighted by Crippen LogP contribution is 2.27. The van der Waals surface area contributed by atoms with Crippen LogP contribution in [0, 0.1) is 10.1 Å². The number of carbonyl (C=O) groups is 2. The number of para-hydroxylation sites is 1. The van der Waals surface area contributed by atoms with Gasteiger partial charge >= 0.3 is 0 Å². The molecule has 1 aliphatic rings. The van der Waals surface area contributed by atoms with E-state index >= 15 is 0 Å². The van der Waals surface area contributed by atoms with E-state index in [4.69, 9.17) is 4.42 Å². The number of nitro benzene ring substituents is 1. The van der Waals surface area contributed by atoms with Crippen LogP contribution in [0.4, 0.5) is 11.7 Å². The number of oxazole rings is 1. The van der Waals surface area contributed by atoms with Gasteiger partial charge in [0.15, 0.2) is 11.1 Å². The van der Waals surface area contributed by atoms with E-state index in [-0.39, 0.29) is 35.1 Å². The van der Waals surface area contributed by atoms with Crippen molar-refractivity contribution in [3.63, 3.8) is 0 Å². The van der Waals surface area contributed by atoms with Gasteiger partial charge in [0.05, 0.1) is 4.92 Å². The lowest BCUT2D eigenvalue weighted by atomic mass is 10.1. The number of nitrogens with zero attached hydrogens (tertiary/aromatic N) is 2. The summed E-state index contributed by atoms with van der Waals surface area (Å²) >= 11 is 0. The Hall–Kier alpha value is -2.97. The molecule has 2 amide bonds. The van der Waals surface area contributed by atoms with Crippen LogP contribution in [0.2, 0.25) is 0 Å². The maximum atomic E-state index is 11.6. The predicted octanol–water partition coefficient (Wildman–Crippen LogP) is 0.953. The Morgan fingerprint density at radius 1 is 1.43 bits per heavy atom. The van der Waals surface area contributed by atoms with Crippen LogP contribution in [-0.4, -0.2) is 27.8 Å². The summed E-state index contributed by atoms with van der Waals surface area (Å²) in [6.07, 6.45) is 0.523. The van der Waals surface area contributed by atoms with Gasteiger partial charge in [-0.1, -0.05) is 6.07 Å². The Labute approximate surface area is 117 Å². The lowest BCUT2D eigenvalue weighted by Gasteiger charge is -2.20. The lowest BCUT2D eigenvalue weighted by molar-refractivity contribution is -0.383. The summed E-state index contributed by atoms with van der Waals surface area (Å²) in [6.45, 7) is 0. The second-order valence-electron chi connectivity index (χ2n) is 4.55. The van der Waals surface area contributed by atoms with Crippen LogP contribution in [0.3, 0.4) is 0 Å². The number of amides is 2. The fourth-order valence-corrected chi connectivity index (χ4v) is 2.12. The smallest absolute Gasteiger partial charge is 0.298 e. The molecule has 0 radical (unpaired) electrons. The molecule has 9 nitrogen and oxygen atoms in total. The normalized spacial score (nSPS) is 18.6. The van der Waals surface area contributed by atoms with Crippen molar-refractivity contribution in [3.05, 3.63) is 28.3 Å². The molecule has 1 atom stereocenters. The summed E-state index contributed by atoms with van der Waals surface area (Å²) in [5.74, 6) is -0.797. The fraction of sp³-hybridized carbons (Fsp3) is 0.250. The van der Waals surface area contributed by atoms with Gasteiger partial charge in [-0.05, 0) is 12.5 Å². The highest BCUT2D eigenvalue weighted by molar-refractivity contribution is 6.01. The maximum Gasteiger partial charge on any atom is 0.298 e. The SMILES string of the molecule is O=C1CCC(Nc2nc3c([N+](=O)[O-])cccc3o2)C(=O)N1. The number of anilines is 1. The third-order valence-electron chi connectivity index (χ3n) is 3.13. The molecule has 0 spiro atoms. The lowest BCUT2D eigenvalue weighted by Crippen LogP contribution is -2.47. The Balaban J connectivity index is 1.88. The van der Waals surface area contributed by atoms with Crippen LogP contribution in [0.1, 0.15) is 12.8 Å². The summed E-state index contributed by atoms with van der Waals surface area (Å²) in [7, 11) is 0. The van der Waals surface area contributed by atoms with E-state index in [0.29, 0.717) is 6.42 Å². The van der Waals surface area contributed by atoms with Gasteiger partial charge in [-0.15, -0.1) is 0 Å². The standard InChI is InChI=1S/C12H10N4O5/c17-9-5-4-6(11(18)14-9)13-12-15-10-7(16(19)20)2-1-3-8(10)21-12/h1-3,6H,4-5H2,(H,13,15)(H,14,17,18). The molecule has 0 bridgehead atoms. The third kappa shape index (κ3) is 2.40. The fourth-order valence-electron chi connectivity index (χ4n) is 2.12. The van der Waals surface area contributed by atoms with E-state index < -0.39 is 16.9 Å². The number of nitro groups is 1. The van der Waals surface area contributed by atoms with Gasteiger partial charge in [-0.2, -0.15) is 4.98 Å². The van der Waals surface area contributed by atoms with Crippen LogP contribution < -0.4 is 10.6 Å². The number of non-ortho nitro benzene ring substituents is 1. The van der Waals surface area contributed by atoms with Crippen LogP contribution in [0.25, 0.3) is 11.1 Å². The molecule has 2 aromatic rings. The average Bonchev–Trinajstić information content (AvgIpc) is 2.83. The first kappa shape index (κ1) is 13.0. The summed E-state index contributed by atoms with van der Waals surface area (Å²) in [4.78, 5) is 37.0. The molecule has 9 heteroatoms. The molecular formula is C12H10N4O5. The molecule has 2 N–H and O–H groups in total. The van der Waals surface area contributed by atoms with Gasteiger partial charge in [0.25, 0.3) is 11.7 Å². The number of nitrogens with one attached hydrogen (secondary N) is 2. The molecule has 1 aromatic carbocycles. The molecule has 1 fully saturated rings. The molecule has 1 unspecified atom stereocenters. The van der Waals surface area contributed by atoms with Gasteiger partial charge in [-0.25, -0.2) is 0 Å². The second kappa shape index (κ2) is 4.85. The highest BCUT2D eigenvalue weighted by Gasteiger charge is 2.28. The maximum absolute atomic E-state index is 11.6. The Bertz CT molecular complexity index is 753. The molecule has 2 heterocycles. The zero-order chi connectivity index (χ0) is 15.0. The monoisotopic (exact) mass is 290 g/mol. The number of benzene rings is 1. The van der Waals surface area contributed by atoms with Crippen molar-refractivity contribution in [1.29, 1.82) is 0 Å². The van der Waals surface area contributed by atoms with E-state index in [9.17, 15) is 19.7 Å². The van der Waals surface area contributed by atoms with Crippen LogP contribution in [0.5, 0.6) is 0 Å². The van der Waals surface area contributed by atoms with E-state index in [1.807, 2.05) is 0 Å². The molecule has 0 aliphatic carbocycles. The van der Waals surface area contributed by atoms with Gasteiger partial charge in [0.1, 0.15) is 6.04 Å². The molecular weight excluding hydrogens is 280 g/mol. The van der Waals surface area contributed by atoms with Gasteiger partial charge in [-0.3, -0.25) is 25.0 Å². The van der Waals surface area contributed by atoms with Crippen LogP contribution in [0.15, 0.2) is 22.6 Å². The van der Waals surface area contributed by atoms with Crippen molar-refractivity contribution in [2.75, 3.05) is 5.32 Å². The number of piperidine rings is 1. The van der Waals surface area contributed by atoms with Gasteiger partial charge in [0.2, 0.25) is 11.8 Å². The van der Waals surface area contributed by atoms with Gasteiger partial charge in [0, 0.05) is 12.5 Å². The first-order valence-corrected chi connectivity index (χ1v) is 6.19. The summed E-state index contributed by atoms with van der Waals surface area (Å²) in [5.41, 5.74) is 0.184. The van der Waals surface area contributed by atoms with E-state index in [2.05, 4.69) is 15.6 Å². The van der Waals surface area contributed by atoms with E-state index in [0.717, 1.165) is 0 Å². The second-order valence-corrected chi connectivity index (χ2v) is 4.55. The number of hydrogen-bond acceptors (Lipinski definition) is 7. The zero-order valence-corrected chi connectivity index (χ0v) is 10.7. The van der Waals surface area contributed by atoms with Gasteiger partial charge < -0.3 is 9.73 Å². The number of imide groups is 1. The zero-order valence-electron chi connectivity index (χ0n) is 10.7. The summed E-state index contributed by atoms with van der Waals surface area (Å²) in [6, 6.07) is 3.70. The first-order chi connectivity index (χ1) is 10.0. The minimum atomic E-state index is -0.658. The molecule has 21 heavy (non-hydrogen) atoms. The van der Waals surface area contributed by atoms with Crippen molar-refractivity contribution in [2.24, 2.45) is 0 Å². The Kier molecular flexibility index (Phi) is 3.01. The van der Waals surface area contributed by atoms with Crippen LogP contribution in [-0.2, 0) is 9.59 Å². The van der Waals surface area contributed by atoms with Crippen molar-refractivity contribution in [2.45, 2.75) is 18.9 Å². The molecule has 0 saturated carbocycles. The van der Waals surface area contributed by atoms with E-state index in [1.165, 1.54) is 12.1 Å². The largest absolute Gasteiger partial charge is 0.423 e. The van der Waals surface area contributed by atoms with E-state index in [1.54, 1.807) is 6.07 Å². The topological polar surface area (TPSA) is 127 Å². The quantitative estimate of drug-likeness (QED) is 0.489. The minimum Gasteiger partial charge on any atom is -0.423 e. The minimum absolute atomic E-state index is 0.00815. The molecule has 1 saturated heterocycles. The highest BCUT2D eigenvalue weighted by atomic mass is 16.6. The molecule has 3 rings (SSSR count). The van der Waals surface area contributed by atoms with Crippen molar-refractivity contribution in [3.8, 4) is 0 Å². The Morgan fingerprint density at radius 2 is 2.24 bits per heavy atom. The Morgan fingerprint density at radius 3 is 2.95 bits per heavy atom. The molecule has 1 aliphatic heterocycles. The summed E-state index contributed by atoms with van der Waals surface area (Å²) < 4.78 is 5.35. The number of aromatic nitrogens is 1. The van der Waals surface area contributed by atoms with Crippen molar-refractivity contribution >= 4 is 34.6 Å². The summed E-state index contributed by atoms with van der Waals surface area (Å²) in [5, 5.41) is 15.8. The first-order valence-electron chi connectivity index (χ1n) is 6.19. The predicted molar refractivity (Wildman–Crippen MR) is 70.5 cm³/mol. The number of fused-ring (bicyclic) bond motifs is 1. The molecule has 108 valence electrons. The number of rotatable bonds is 3.